The summed E-state index contributed by atoms with van der Waals surface area (Å²) in [6.45, 7) is -0.192. The molecule has 0 saturated heterocycles. The largest absolute Gasteiger partial charge is 0.480 e. The highest BCUT2D eigenvalue weighted by Gasteiger charge is 2.11. The Balaban J connectivity index is 2.11. The molecular weight excluding hydrogens is 220 g/mol. The number of hydrogen-bond acceptors (Lipinski definition) is 3. The van der Waals surface area contributed by atoms with E-state index in [1.165, 1.54) is 0 Å². The number of hydrogen-bond donors (Lipinski definition) is 3. The van der Waals surface area contributed by atoms with Crippen LogP contribution in [0.5, 0.6) is 0 Å². The van der Waals surface area contributed by atoms with Crippen molar-refractivity contribution in [2.45, 2.75) is 0 Å². The molecule has 0 aliphatic rings. The summed E-state index contributed by atoms with van der Waals surface area (Å²) in [4.78, 5) is 25.1. The Bertz CT molecular complexity index is 560. The third-order valence-corrected chi connectivity index (χ3v) is 2.45. The first-order valence-electron chi connectivity index (χ1n) is 5.20. The second-order valence-corrected chi connectivity index (χ2v) is 3.67. The minimum absolute atomic E-state index is 0.0220. The Kier molecular flexibility index (Phi) is 3.20. The van der Waals surface area contributed by atoms with E-state index < -0.39 is 5.97 Å². The SMILES string of the molecule is O=C(O)CNCC(=O)c1c[nH]c2ccccc12. The molecule has 1 aromatic heterocycles. The van der Waals surface area contributed by atoms with E-state index in [4.69, 9.17) is 5.11 Å². The molecular formula is C12H12N2O3. The molecule has 5 heteroatoms. The molecule has 17 heavy (non-hydrogen) atoms. The highest BCUT2D eigenvalue weighted by atomic mass is 16.4. The maximum atomic E-state index is 11.8. The zero-order valence-corrected chi connectivity index (χ0v) is 9.06. The van der Waals surface area contributed by atoms with E-state index in [0.717, 1.165) is 10.9 Å². The Morgan fingerprint density at radius 2 is 2.00 bits per heavy atom. The summed E-state index contributed by atoms with van der Waals surface area (Å²) in [5.74, 6) is -1.10. The Morgan fingerprint density at radius 1 is 1.24 bits per heavy atom. The van der Waals surface area contributed by atoms with Crippen molar-refractivity contribution in [2.75, 3.05) is 13.1 Å². The zero-order valence-electron chi connectivity index (χ0n) is 9.06. The summed E-state index contributed by atoms with van der Waals surface area (Å²) in [5.41, 5.74) is 1.48. The predicted molar refractivity (Wildman–Crippen MR) is 63.1 cm³/mol. The number of fused-ring (bicyclic) bond motifs is 1. The third-order valence-electron chi connectivity index (χ3n) is 2.45. The maximum Gasteiger partial charge on any atom is 0.317 e. The van der Waals surface area contributed by atoms with Crippen LogP contribution in [0.15, 0.2) is 30.5 Å². The molecule has 0 atom stereocenters. The number of H-pyrrole nitrogens is 1. The number of carboxylic acid groups (broad SMARTS) is 1. The van der Waals surface area contributed by atoms with Gasteiger partial charge in [-0.1, -0.05) is 18.2 Å². The minimum atomic E-state index is -0.975. The lowest BCUT2D eigenvalue weighted by Crippen LogP contribution is -2.28. The number of ketones is 1. The van der Waals surface area contributed by atoms with E-state index in [9.17, 15) is 9.59 Å². The molecule has 0 radical (unpaired) electrons. The number of carbonyl (C=O) groups excluding carboxylic acids is 1. The average Bonchev–Trinajstić information content (AvgIpc) is 2.72. The van der Waals surface area contributed by atoms with E-state index >= 15 is 0 Å². The molecule has 0 aliphatic carbocycles. The summed E-state index contributed by atoms with van der Waals surface area (Å²) < 4.78 is 0. The fourth-order valence-electron chi connectivity index (χ4n) is 1.68. The van der Waals surface area contributed by atoms with Gasteiger partial charge in [0.25, 0.3) is 0 Å². The van der Waals surface area contributed by atoms with Gasteiger partial charge in [0.05, 0.1) is 13.1 Å². The first kappa shape index (κ1) is 11.3. The second kappa shape index (κ2) is 4.80. The van der Waals surface area contributed by atoms with E-state index in [0.29, 0.717) is 5.56 Å². The van der Waals surface area contributed by atoms with Gasteiger partial charge in [-0.25, -0.2) is 0 Å². The molecule has 3 N–H and O–H groups in total. The highest BCUT2D eigenvalue weighted by Crippen LogP contribution is 2.17. The summed E-state index contributed by atoms with van der Waals surface area (Å²) in [6.07, 6.45) is 1.65. The van der Waals surface area contributed by atoms with Crippen LogP contribution in [0.3, 0.4) is 0 Å². The van der Waals surface area contributed by atoms with E-state index in [1.54, 1.807) is 6.20 Å². The molecule has 0 aliphatic heterocycles. The Morgan fingerprint density at radius 3 is 2.76 bits per heavy atom. The van der Waals surface area contributed by atoms with Gasteiger partial charge in [-0.15, -0.1) is 0 Å². The number of carboxylic acids is 1. The van der Waals surface area contributed by atoms with Gasteiger partial charge in [0.15, 0.2) is 5.78 Å². The molecule has 5 nitrogen and oxygen atoms in total. The van der Waals surface area contributed by atoms with Crippen molar-refractivity contribution < 1.29 is 14.7 Å². The van der Waals surface area contributed by atoms with Crippen LogP contribution in [-0.2, 0) is 4.79 Å². The number of Topliss-reactive ketones (excluding diaryl/α,β-unsaturated/α-hetero) is 1. The molecule has 0 spiro atoms. The van der Waals surface area contributed by atoms with E-state index in [2.05, 4.69) is 10.3 Å². The minimum Gasteiger partial charge on any atom is -0.480 e. The van der Waals surface area contributed by atoms with Crippen molar-refractivity contribution >= 4 is 22.7 Å². The molecule has 0 saturated carbocycles. The van der Waals surface area contributed by atoms with Gasteiger partial charge in [0.2, 0.25) is 0 Å². The van der Waals surface area contributed by atoms with Crippen LogP contribution in [-0.4, -0.2) is 34.9 Å². The van der Waals surface area contributed by atoms with Crippen molar-refractivity contribution in [3.63, 3.8) is 0 Å². The lowest BCUT2D eigenvalue weighted by Gasteiger charge is -2.00. The van der Waals surface area contributed by atoms with Crippen molar-refractivity contribution in [1.29, 1.82) is 0 Å². The van der Waals surface area contributed by atoms with Gasteiger partial charge in [-0.2, -0.15) is 0 Å². The molecule has 88 valence electrons. The van der Waals surface area contributed by atoms with Gasteiger partial charge >= 0.3 is 5.97 Å². The number of carbonyl (C=O) groups is 2. The Hall–Kier alpha value is -2.14. The molecule has 2 rings (SSSR count). The quantitative estimate of drug-likeness (QED) is 0.672. The van der Waals surface area contributed by atoms with Gasteiger partial charge in [-0.3, -0.25) is 14.9 Å². The highest BCUT2D eigenvalue weighted by molar-refractivity contribution is 6.08. The van der Waals surface area contributed by atoms with Crippen molar-refractivity contribution in [1.82, 2.24) is 10.3 Å². The van der Waals surface area contributed by atoms with Crippen LogP contribution in [0, 0.1) is 0 Å². The summed E-state index contributed by atoms with van der Waals surface area (Å²) in [7, 11) is 0. The van der Waals surface area contributed by atoms with Gasteiger partial charge in [0.1, 0.15) is 0 Å². The average molecular weight is 232 g/mol. The number of rotatable bonds is 5. The molecule has 0 unspecified atom stereocenters. The molecule has 0 fully saturated rings. The standard InChI is InChI=1S/C12H12N2O3/c15-11(6-13-7-12(16)17)9-5-14-10-4-2-1-3-8(9)10/h1-5,13-14H,6-7H2,(H,16,17). The van der Waals surface area contributed by atoms with Crippen LogP contribution in [0.2, 0.25) is 0 Å². The van der Waals surface area contributed by atoms with Crippen LogP contribution < -0.4 is 5.32 Å². The van der Waals surface area contributed by atoms with Crippen molar-refractivity contribution in [2.24, 2.45) is 0 Å². The first-order valence-corrected chi connectivity index (χ1v) is 5.20. The lowest BCUT2D eigenvalue weighted by molar-refractivity contribution is -0.135. The summed E-state index contributed by atoms with van der Waals surface area (Å²) in [5, 5.41) is 11.9. The number of nitrogens with one attached hydrogen (secondary N) is 2. The lowest BCUT2D eigenvalue weighted by atomic mass is 10.1. The van der Waals surface area contributed by atoms with Crippen LogP contribution in [0.25, 0.3) is 10.9 Å². The second-order valence-electron chi connectivity index (χ2n) is 3.67. The van der Waals surface area contributed by atoms with E-state index in [-0.39, 0.29) is 18.9 Å². The topological polar surface area (TPSA) is 82.2 Å². The normalized spacial score (nSPS) is 10.6. The fourth-order valence-corrected chi connectivity index (χ4v) is 1.68. The van der Waals surface area contributed by atoms with Gasteiger partial charge in [-0.05, 0) is 6.07 Å². The number of aliphatic carboxylic acids is 1. The summed E-state index contributed by atoms with van der Waals surface area (Å²) >= 11 is 0. The number of aromatic amines is 1. The van der Waals surface area contributed by atoms with Gasteiger partial charge < -0.3 is 10.1 Å². The molecule has 1 aromatic carbocycles. The summed E-state index contributed by atoms with van der Waals surface area (Å²) in [6, 6.07) is 7.49. The fraction of sp³-hybridized carbons (Fsp3) is 0.167. The molecule has 2 aromatic rings. The maximum absolute atomic E-state index is 11.8. The first-order chi connectivity index (χ1) is 8.18. The number of benzene rings is 1. The zero-order chi connectivity index (χ0) is 12.3. The molecule has 0 bridgehead atoms. The Labute approximate surface area is 97.4 Å². The van der Waals surface area contributed by atoms with E-state index in [1.807, 2.05) is 24.3 Å². The van der Waals surface area contributed by atoms with Crippen LogP contribution in [0.1, 0.15) is 10.4 Å². The van der Waals surface area contributed by atoms with Crippen LogP contribution in [0.4, 0.5) is 0 Å². The molecule has 0 amide bonds. The third kappa shape index (κ3) is 2.51. The number of para-hydroxylation sites is 1. The van der Waals surface area contributed by atoms with Crippen molar-refractivity contribution in [3.05, 3.63) is 36.0 Å². The molecule has 1 heterocycles. The number of aromatic nitrogens is 1. The predicted octanol–water partition coefficient (Wildman–Crippen LogP) is 1.02. The van der Waals surface area contributed by atoms with Crippen LogP contribution >= 0.6 is 0 Å². The van der Waals surface area contributed by atoms with Gasteiger partial charge in [0, 0.05) is 22.7 Å². The monoisotopic (exact) mass is 232 g/mol. The smallest absolute Gasteiger partial charge is 0.317 e. The van der Waals surface area contributed by atoms with Crippen molar-refractivity contribution in [3.8, 4) is 0 Å².